The van der Waals surface area contributed by atoms with Crippen molar-refractivity contribution < 1.29 is 0 Å². The Morgan fingerprint density at radius 1 is 0.800 bits per heavy atom. The van der Waals surface area contributed by atoms with E-state index in [0.717, 1.165) is 40.1 Å². The third kappa shape index (κ3) is 3.34. The van der Waals surface area contributed by atoms with E-state index >= 15 is 0 Å². The molecule has 0 fully saturated rings. The highest BCUT2D eigenvalue weighted by Gasteiger charge is 2.10. The standard InChI is InChI=1S/C26H18N4/c27-18-22-8-4-5-9-24(22)20-12-10-19(11-13-20)16-23-17-25(21-6-2-1-3-7-21)29-26-14-15-28-30(23)26/h1-15,17H,16H2. The number of hydrogen-bond donors (Lipinski definition) is 0. The molecule has 2 aromatic heterocycles. The number of benzene rings is 3. The van der Waals surface area contributed by atoms with E-state index in [1.165, 1.54) is 5.56 Å². The summed E-state index contributed by atoms with van der Waals surface area (Å²) in [5.41, 5.74) is 7.81. The van der Waals surface area contributed by atoms with Gasteiger partial charge in [0.05, 0.1) is 29.2 Å². The van der Waals surface area contributed by atoms with Gasteiger partial charge >= 0.3 is 0 Å². The average molecular weight is 386 g/mol. The van der Waals surface area contributed by atoms with E-state index in [2.05, 4.69) is 53.6 Å². The summed E-state index contributed by atoms with van der Waals surface area (Å²) in [5, 5.41) is 13.8. The summed E-state index contributed by atoms with van der Waals surface area (Å²) >= 11 is 0. The van der Waals surface area contributed by atoms with Crippen molar-refractivity contribution >= 4 is 5.65 Å². The maximum atomic E-state index is 9.36. The molecule has 30 heavy (non-hydrogen) atoms. The van der Waals surface area contributed by atoms with E-state index in [-0.39, 0.29) is 0 Å². The molecule has 3 aromatic carbocycles. The lowest BCUT2D eigenvalue weighted by Crippen LogP contribution is -2.03. The van der Waals surface area contributed by atoms with Gasteiger partial charge in [-0.05, 0) is 28.8 Å². The molecule has 0 spiro atoms. The summed E-state index contributed by atoms with van der Waals surface area (Å²) in [4.78, 5) is 4.75. The van der Waals surface area contributed by atoms with Crippen LogP contribution in [0.1, 0.15) is 16.8 Å². The first-order chi connectivity index (χ1) is 14.8. The van der Waals surface area contributed by atoms with E-state index in [1.54, 1.807) is 6.20 Å². The Morgan fingerprint density at radius 3 is 2.37 bits per heavy atom. The predicted octanol–water partition coefficient (Wildman–Crippen LogP) is 5.53. The number of rotatable bonds is 4. The fourth-order valence-electron chi connectivity index (χ4n) is 3.70. The van der Waals surface area contributed by atoms with Crippen LogP contribution in [0.5, 0.6) is 0 Å². The molecule has 0 unspecified atom stereocenters. The van der Waals surface area contributed by atoms with Gasteiger partial charge < -0.3 is 0 Å². The van der Waals surface area contributed by atoms with E-state index < -0.39 is 0 Å². The van der Waals surface area contributed by atoms with Gasteiger partial charge in [-0.15, -0.1) is 0 Å². The summed E-state index contributed by atoms with van der Waals surface area (Å²) in [6.45, 7) is 0. The molecule has 0 aliphatic carbocycles. The summed E-state index contributed by atoms with van der Waals surface area (Å²) in [6, 6.07) is 32.5. The van der Waals surface area contributed by atoms with Gasteiger partial charge in [-0.2, -0.15) is 10.4 Å². The van der Waals surface area contributed by atoms with Gasteiger partial charge in [0, 0.05) is 18.1 Å². The van der Waals surface area contributed by atoms with Crippen molar-refractivity contribution in [2.45, 2.75) is 6.42 Å². The Kier molecular flexibility index (Phi) is 4.55. The second-order valence-electron chi connectivity index (χ2n) is 7.13. The second-order valence-corrected chi connectivity index (χ2v) is 7.13. The first-order valence-corrected chi connectivity index (χ1v) is 9.79. The molecule has 4 heteroatoms. The summed E-state index contributed by atoms with van der Waals surface area (Å²) in [7, 11) is 0. The van der Waals surface area contributed by atoms with Crippen LogP contribution in [-0.4, -0.2) is 14.6 Å². The molecule has 0 aliphatic heterocycles. The van der Waals surface area contributed by atoms with Crippen LogP contribution in [0.15, 0.2) is 97.2 Å². The molecule has 0 atom stereocenters. The van der Waals surface area contributed by atoms with Crippen molar-refractivity contribution in [1.29, 1.82) is 5.26 Å². The fraction of sp³-hybridized carbons (Fsp3) is 0.0385. The van der Waals surface area contributed by atoms with E-state index in [9.17, 15) is 5.26 Å². The summed E-state index contributed by atoms with van der Waals surface area (Å²) in [5.74, 6) is 0. The van der Waals surface area contributed by atoms with Crippen molar-refractivity contribution in [3.63, 3.8) is 0 Å². The van der Waals surface area contributed by atoms with Gasteiger partial charge in [-0.3, -0.25) is 0 Å². The van der Waals surface area contributed by atoms with E-state index in [1.807, 2.05) is 53.0 Å². The average Bonchev–Trinajstić information content (AvgIpc) is 3.29. The predicted molar refractivity (Wildman–Crippen MR) is 118 cm³/mol. The molecule has 0 saturated heterocycles. The number of fused-ring (bicyclic) bond motifs is 1. The van der Waals surface area contributed by atoms with Crippen molar-refractivity contribution in [2.24, 2.45) is 0 Å². The zero-order valence-electron chi connectivity index (χ0n) is 16.2. The molecule has 0 aliphatic rings. The molecule has 0 amide bonds. The number of nitriles is 1. The SMILES string of the molecule is N#Cc1ccccc1-c1ccc(Cc2cc(-c3ccccc3)nc3ccnn23)cc1. The van der Waals surface area contributed by atoms with Crippen LogP contribution in [0.2, 0.25) is 0 Å². The van der Waals surface area contributed by atoms with Crippen LogP contribution in [0.3, 0.4) is 0 Å². The largest absolute Gasteiger partial charge is 0.229 e. The first-order valence-electron chi connectivity index (χ1n) is 9.79. The Balaban J connectivity index is 1.50. The number of nitrogens with zero attached hydrogens (tertiary/aromatic N) is 4. The highest BCUT2D eigenvalue weighted by atomic mass is 15.2. The molecule has 142 valence electrons. The number of aromatic nitrogens is 3. The van der Waals surface area contributed by atoms with Crippen LogP contribution in [0.4, 0.5) is 0 Å². The highest BCUT2D eigenvalue weighted by Crippen LogP contribution is 2.25. The van der Waals surface area contributed by atoms with Crippen molar-refractivity contribution in [1.82, 2.24) is 14.6 Å². The lowest BCUT2D eigenvalue weighted by molar-refractivity contribution is 0.864. The minimum atomic E-state index is 0.685. The maximum Gasteiger partial charge on any atom is 0.155 e. The third-order valence-corrected chi connectivity index (χ3v) is 5.20. The van der Waals surface area contributed by atoms with Gasteiger partial charge in [0.1, 0.15) is 0 Å². The molecule has 2 heterocycles. The van der Waals surface area contributed by atoms with Gasteiger partial charge in [-0.25, -0.2) is 9.50 Å². The van der Waals surface area contributed by atoms with Crippen molar-refractivity contribution in [2.75, 3.05) is 0 Å². The van der Waals surface area contributed by atoms with E-state index in [0.29, 0.717) is 5.56 Å². The molecular weight excluding hydrogens is 368 g/mol. The minimum Gasteiger partial charge on any atom is -0.229 e. The zero-order valence-corrected chi connectivity index (χ0v) is 16.2. The van der Waals surface area contributed by atoms with Crippen LogP contribution in [0, 0.1) is 11.3 Å². The quantitative estimate of drug-likeness (QED) is 0.408. The molecule has 0 N–H and O–H groups in total. The molecule has 4 nitrogen and oxygen atoms in total. The Bertz CT molecular complexity index is 1360. The minimum absolute atomic E-state index is 0.685. The van der Waals surface area contributed by atoms with Crippen LogP contribution in [0.25, 0.3) is 28.0 Å². The smallest absolute Gasteiger partial charge is 0.155 e. The highest BCUT2D eigenvalue weighted by molar-refractivity contribution is 5.70. The first kappa shape index (κ1) is 17.8. The Morgan fingerprint density at radius 2 is 1.57 bits per heavy atom. The van der Waals surface area contributed by atoms with Gasteiger partial charge in [0.2, 0.25) is 0 Å². The monoisotopic (exact) mass is 386 g/mol. The van der Waals surface area contributed by atoms with E-state index in [4.69, 9.17) is 4.98 Å². The molecule has 0 radical (unpaired) electrons. The lowest BCUT2D eigenvalue weighted by atomic mass is 9.98. The van der Waals surface area contributed by atoms with Crippen LogP contribution in [-0.2, 0) is 6.42 Å². The summed E-state index contributed by atoms with van der Waals surface area (Å²) in [6.07, 6.45) is 2.52. The Hall–Kier alpha value is -4.23. The molecule has 0 saturated carbocycles. The van der Waals surface area contributed by atoms with Gasteiger partial charge in [-0.1, -0.05) is 72.8 Å². The van der Waals surface area contributed by atoms with Gasteiger partial charge in [0.25, 0.3) is 0 Å². The lowest BCUT2D eigenvalue weighted by Gasteiger charge is -2.10. The number of hydrogen-bond acceptors (Lipinski definition) is 3. The second kappa shape index (κ2) is 7.65. The molecule has 0 bridgehead atoms. The molecule has 5 aromatic rings. The van der Waals surface area contributed by atoms with Gasteiger partial charge in [0.15, 0.2) is 5.65 Å². The Labute approximate surface area is 174 Å². The molecular formula is C26H18N4. The van der Waals surface area contributed by atoms with Crippen molar-refractivity contribution in [3.05, 3.63) is 114 Å². The third-order valence-electron chi connectivity index (χ3n) is 5.20. The fourth-order valence-corrected chi connectivity index (χ4v) is 3.70. The topological polar surface area (TPSA) is 54.0 Å². The zero-order chi connectivity index (χ0) is 20.3. The van der Waals surface area contributed by atoms with Crippen LogP contribution < -0.4 is 0 Å². The summed E-state index contributed by atoms with van der Waals surface area (Å²) < 4.78 is 1.89. The van der Waals surface area contributed by atoms with Crippen molar-refractivity contribution in [3.8, 4) is 28.5 Å². The molecule has 5 rings (SSSR count). The maximum absolute atomic E-state index is 9.36. The normalized spacial score (nSPS) is 10.8. The van der Waals surface area contributed by atoms with Crippen LogP contribution >= 0.6 is 0 Å².